The molecule has 9 heteroatoms. The summed E-state index contributed by atoms with van der Waals surface area (Å²) in [5.41, 5.74) is 5.67. The second-order valence-corrected chi connectivity index (χ2v) is 6.62. The molecule has 2 aromatic heterocycles. The fourth-order valence-corrected chi connectivity index (χ4v) is 3.29. The molecular formula is C20H14ClFN4O3. The Kier molecular flexibility index (Phi) is 4.77. The van der Waals surface area contributed by atoms with E-state index in [1.807, 2.05) is 12.1 Å². The minimum absolute atomic E-state index is 0.0313. The summed E-state index contributed by atoms with van der Waals surface area (Å²) in [5, 5.41) is 4.56. The van der Waals surface area contributed by atoms with Crippen molar-refractivity contribution >= 4 is 34.3 Å². The van der Waals surface area contributed by atoms with Crippen LogP contribution in [0.4, 0.5) is 4.39 Å². The Bertz CT molecular complexity index is 1230. The van der Waals surface area contributed by atoms with Gasteiger partial charge in [0.2, 0.25) is 0 Å². The number of aromatic nitrogens is 2. The highest BCUT2D eigenvalue weighted by Crippen LogP contribution is 2.33. The number of amides is 2. The van der Waals surface area contributed by atoms with Crippen LogP contribution in [0.5, 0.6) is 0 Å². The maximum atomic E-state index is 14.3. The minimum Gasteiger partial charge on any atom is -0.360 e. The van der Waals surface area contributed by atoms with Crippen molar-refractivity contribution in [3.05, 3.63) is 76.4 Å². The maximum Gasteiger partial charge on any atom is 0.275 e. The van der Waals surface area contributed by atoms with Gasteiger partial charge in [0, 0.05) is 17.1 Å². The Balaban J connectivity index is 1.58. The van der Waals surface area contributed by atoms with E-state index in [-0.39, 0.29) is 27.6 Å². The van der Waals surface area contributed by atoms with Crippen LogP contribution < -0.4 is 10.9 Å². The van der Waals surface area contributed by atoms with Crippen molar-refractivity contribution in [1.29, 1.82) is 0 Å². The van der Waals surface area contributed by atoms with Crippen LogP contribution in [0.25, 0.3) is 22.2 Å². The van der Waals surface area contributed by atoms with Gasteiger partial charge in [0.25, 0.3) is 11.8 Å². The normalized spacial score (nSPS) is 10.9. The first-order valence-electron chi connectivity index (χ1n) is 8.55. The molecule has 3 N–H and O–H groups in total. The summed E-state index contributed by atoms with van der Waals surface area (Å²) in [6.07, 6.45) is 1.54. The summed E-state index contributed by atoms with van der Waals surface area (Å²) >= 11 is 6.07. The first kappa shape index (κ1) is 18.7. The number of hydrogen-bond acceptors (Lipinski definition) is 4. The van der Waals surface area contributed by atoms with E-state index in [1.165, 1.54) is 25.1 Å². The van der Waals surface area contributed by atoms with E-state index in [4.69, 9.17) is 16.1 Å². The quantitative estimate of drug-likeness (QED) is 0.443. The summed E-state index contributed by atoms with van der Waals surface area (Å²) in [6, 6.07) is 11.4. The monoisotopic (exact) mass is 412 g/mol. The van der Waals surface area contributed by atoms with Crippen LogP contribution in [-0.4, -0.2) is 22.0 Å². The molecule has 0 atom stereocenters. The van der Waals surface area contributed by atoms with Crippen LogP contribution in [0, 0.1) is 12.7 Å². The van der Waals surface area contributed by atoms with Crippen molar-refractivity contribution in [2.75, 3.05) is 0 Å². The molecular weight excluding hydrogens is 399 g/mol. The Morgan fingerprint density at radius 1 is 1.10 bits per heavy atom. The van der Waals surface area contributed by atoms with Crippen molar-refractivity contribution in [1.82, 2.24) is 21.0 Å². The molecule has 29 heavy (non-hydrogen) atoms. The third-order valence-electron chi connectivity index (χ3n) is 4.41. The average Bonchev–Trinajstić information content (AvgIpc) is 3.30. The minimum atomic E-state index is -0.716. The van der Waals surface area contributed by atoms with Crippen LogP contribution in [0.3, 0.4) is 0 Å². The standard InChI is InChI=1S/C20H14ClFN4O3/c1-10-16(18(26-29-10)17-13(21)6-4-7-14(17)22)20(28)25-24-19(27)12-9-23-15-8-3-2-5-11(12)15/h2-9,23H,1H3,(H,24,27)(H,25,28). The van der Waals surface area contributed by atoms with Crippen molar-refractivity contribution in [3.63, 3.8) is 0 Å². The predicted octanol–water partition coefficient (Wildman–Crippen LogP) is 4.00. The molecule has 0 aliphatic heterocycles. The number of hydrazine groups is 1. The zero-order chi connectivity index (χ0) is 20.5. The number of rotatable bonds is 3. The van der Waals surface area contributed by atoms with Gasteiger partial charge in [-0.15, -0.1) is 0 Å². The number of benzene rings is 2. The molecule has 146 valence electrons. The van der Waals surface area contributed by atoms with Gasteiger partial charge >= 0.3 is 0 Å². The van der Waals surface area contributed by atoms with E-state index in [1.54, 1.807) is 18.3 Å². The summed E-state index contributed by atoms with van der Waals surface area (Å²) < 4.78 is 19.3. The van der Waals surface area contributed by atoms with Crippen LogP contribution in [0.1, 0.15) is 26.5 Å². The van der Waals surface area contributed by atoms with E-state index in [2.05, 4.69) is 21.0 Å². The average molecular weight is 413 g/mol. The third kappa shape index (κ3) is 3.34. The SMILES string of the molecule is Cc1onc(-c2c(F)cccc2Cl)c1C(=O)NNC(=O)c1c[nH]c2ccccc12. The van der Waals surface area contributed by atoms with Crippen LogP contribution >= 0.6 is 11.6 Å². The number of aromatic amines is 1. The second kappa shape index (κ2) is 7.40. The van der Waals surface area contributed by atoms with E-state index in [0.717, 1.165) is 5.52 Å². The highest BCUT2D eigenvalue weighted by molar-refractivity contribution is 6.33. The Labute approximate surface area is 168 Å². The topological polar surface area (TPSA) is 100 Å². The molecule has 0 aliphatic rings. The van der Waals surface area contributed by atoms with Gasteiger partial charge in [0.15, 0.2) is 0 Å². The molecule has 4 aromatic rings. The molecule has 4 rings (SSSR count). The first-order valence-corrected chi connectivity index (χ1v) is 8.92. The maximum absolute atomic E-state index is 14.3. The predicted molar refractivity (Wildman–Crippen MR) is 105 cm³/mol. The summed E-state index contributed by atoms with van der Waals surface area (Å²) in [5.74, 6) is -1.73. The smallest absolute Gasteiger partial charge is 0.275 e. The van der Waals surface area contributed by atoms with E-state index in [9.17, 15) is 14.0 Å². The molecule has 0 bridgehead atoms. The number of H-pyrrole nitrogens is 1. The number of halogens is 2. The molecule has 0 spiro atoms. The number of para-hydroxylation sites is 1. The number of nitrogens with one attached hydrogen (secondary N) is 3. The lowest BCUT2D eigenvalue weighted by atomic mass is 10.1. The summed E-state index contributed by atoms with van der Waals surface area (Å²) in [4.78, 5) is 28.1. The fraction of sp³-hybridized carbons (Fsp3) is 0.0500. The van der Waals surface area contributed by atoms with Crippen LogP contribution in [0.15, 0.2) is 53.2 Å². The van der Waals surface area contributed by atoms with E-state index in [0.29, 0.717) is 10.9 Å². The number of aryl methyl sites for hydroxylation is 1. The molecule has 2 aromatic carbocycles. The zero-order valence-electron chi connectivity index (χ0n) is 15.0. The van der Waals surface area contributed by atoms with Gasteiger partial charge in [-0.1, -0.05) is 41.0 Å². The van der Waals surface area contributed by atoms with E-state index >= 15 is 0 Å². The lowest BCUT2D eigenvalue weighted by Crippen LogP contribution is -2.41. The van der Waals surface area contributed by atoms with Gasteiger partial charge in [-0.05, 0) is 25.1 Å². The first-order chi connectivity index (χ1) is 14.0. The number of fused-ring (bicyclic) bond motifs is 1. The van der Waals surface area contributed by atoms with Crippen molar-refractivity contribution in [3.8, 4) is 11.3 Å². The molecule has 0 fully saturated rings. The number of hydrogen-bond donors (Lipinski definition) is 3. The second-order valence-electron chi connectivity index (χ2n) is 6.22. The molecule has 0 aliphatic carbocycles. The number of carbonyl (C=O) groups is 2. The number of carbonyl (C=O) groups excluding carboxylic acids is 2. The lowest BCUT2D eigenvalue weighted by molar-refractivity contribution is 0.0847. The third-order valence-corrected chi connectivity index (χ3v) is 4.73. The largest absolute Gasteiger partial charge is 0.360 e. The van der Waals surface area contributed by atoms with Crippen molar-refractivity contribution < 1.29 is 18.5 Å². The summed E-state index contributed by atoms with van der Waals surface area (Å²) in [7, 11) is 0. The Morgan fingerprint density at radius 3 is 2.66 bits per heavy atom. The van der Waals surface area contributed by atoms with Gasteiger partial charge in [-0.2, -0.15) is 0 Å². The molecule has 0 unspecified atom stereocenters. The zero-order valence-corrected chi connectivity index (χ0v) is 15.8. The Morgan fingerprint density at radius 2 is 1.86 bits per heavy atom. The molecule has 2 amide bonds. The van der Waals surface area contributed by atoms with Crippen LogP contribution in [-0.2, 0) is 0 Å². The molecule has 0 saturated heterocycles. The van der Waals surface area contributed by atoms with Gasteiger partial charge < -0.3 is 9.51 Å². The highest BCUT2D eigenvalue weighted by atomic mass is 35.5. The molecule has 0 radical (unpaired) electrons. The van der Waals surface area contributed by atoms with E-state index < -0.39 is 17.6 Å². The van der Waals surface area contributed by atoms with Crippen molar-refractivity contribution in [2.45, 2.75) is 6.92 Å². The van der Waals surface area contributed by atoms with Gasteiger partial charge in [0.1, 0.15) is 22.8 Å². The number of nitrogens with zero attached hydrogens (tertiary/aromatic N) is 1. The summed E-state index contributed by atoms with van der Waals surface area (Å²) in [6.45, 7) is 1.50. The fourth-order valence-electron chi connectivity index (χ4n) is 3.04. The lowest BCUT2D eigenvalue weighted by Gasteiger charge is -2.08. The molecule has 7 nitrogen and oxygen atoms in total. The van der Waals surface area contributed by atoms with Crippen LogP contribution in [0.2, 0.25) is 5.02 Å². The Hall–Kier alpha value is -3.65. The molecule has 2 heterocycles. The van der Waals surface area contributed by atoms with Crippen molar-refractivity contribution in [2.24, 2.45) is 0 Å². The molecule has 0 saturated carbocycles. The van der Waals surface area contributed by atoms with Gasteiger partial charge in [-0.25, -0.2) is 4.39 Å². The van der Waals surface area contributed by atoms with Gasteiger partial charge in [-0.3, -0.25) is 20.4 Å². The highest BCUT2D eigenvalue weighted by Gasteiger charge is 2.26. The van der Waals surface area contributed by atoms with Gasteiger partial charge in [0.05, 0.1) is 16.1 Å².